The first-order chi connectivity index (χ1) is 12.2. The molecule has 0 aliphatic carbocycles. The predicted molar refractivity (Wildman–Crippen MR) is 104 cm³/mol. The summed E-state index contributed by atoms with van der Waals surface area (Å²) in [6, 6.07) is 9.52. The van der Waals surface area contributed by atoms with Crippen LogP contribution in [-0.4, -0.2) is 27.5 Å². The fourth-order valence-corrected chi connectivity index (χ4v) is 4.61. The number of ether oxygens (including phenoxy) is 1. The molecule has 0 radical (unpaired) electrons. The van der Waals surface area contributed by atoms with E-state index in [1.54, 1.807) is 26.0 Å². The van der Waals surface area contributed by atoms with Crippen molar-refractivity contribution in [2.45, 2.75) is 25.7 Å². The third-order valence-corrected chi connectivity index (χ3v) is 6.15. The van der Waals surface area contributed by atoms with Crippen LogP contribution < -0.4 is 4.31 Å². The number of aryl methyl sites for hydroxylation is 2. The number of rotatable bonds is 6. The number of esters is 1. The highest BCUT2D eigenvalue weighted by atomic mass is 35.5. The van der Waals surface area contributed by atoms with Crippen LogP contribution in [0.3, 0.4) is 0 Å². The van der Waals surface area contributed by atoms with Crippen molar-refractivity contribution in [2.75, 3.05) is 17.5 Å². The number of nitrogens with zero attached hydrogens (tertiary/aromatic N) is 1. The van der Waals surface area contributed by atoms with Crippen molar-refractivity contribution in [2.24, 2.45) is 0 Å². The Labute approximate surface area is 163 Å². The maximum Gasteiger partial charge on any atom is 0.326 e. The van der Waals surface area contributed by atoms with Gasteiger partial charge in [0, 0.05) is 5.02 Å². The van der Waals surface area contributed by atoms with E-state index in [0.717, 1.165) is 9.87 Å². The largest absolute Gasteiger partial charge is 0.465 e. The van der Waals surface area contributed by atoms with Crippen LogP contribution in [0.4, 0.5) is 5.69 Å². The van der Waals surface area contributed by atoms with Crippen LogP contribution in [0.25, 0.3) is 0 Å². The van der Waals surface area contributed by atoms with Crippen molar-refractivity contribution in [1.29, 1.82) is 0 Å². The first-order valence-electron chi connectivity index (χ1n) is 7.87. The molecule has 0 heterocycles. The molecule has 0 atom stereocenters. The fourth-order valence-electron chi connectivity index (χ4n) is 2.41. The Bertz CT molecular complexity index is 929. The molecule has 8 heteroatoms. The summed E-state index contributed by atoms with van der Waals surface area (Å²) in [6.45, 7) is 4.94. The molecule has 0 saturated heterocycles. The second-order valence-electron chi connectivity index (χ2n) is 5.68. The summed E-state index contributed by atoms with van der Waals surface area (Å²) >= 11 is 12.1. The molecule has 0 amide bonds. The number of benzene rings is 2. The second-order valence-corrected chi connectivity index (χ2v) is 8.36. The molecule has 26 heavy (non-hydrogen) atoms. The maximum absolute atomic E-state index is 13.3. The van der Waals surface area contributed by atoms with Gasteiger partial charge in [0.05, 0.1) is 17.3 Å². The lowest BCUT2D eigenvalue weighted by Gasteiger charge is -2.26. The molecule has 2 aromatic carbocycles. The molecule has 5 nitrogen and oxygen atoms in total. The Hall–Kier alpha value is -1.76. The highest BCUT2D eigenvalue weighted by Crippen LogP contribution is 2.32. The van der Waals surface area contributed by atoms with Crippen molar-refractivity contribution >= 4 is 44.9 Å². The Kier molecular flexibility index (Phi) is 6.55. The molecule has 0 aliphatic heterocycles. The molecule has 0 fully saturated rings. The zero-order valence-corrected chi connectivity index (χ0v) is 17.0. The average Bonchev–Trinajstić information content (AvgIpc) is 2.57. The minimum absolute atomic E-state index is 0.0218. The summed E-state index contributed by atoms with van der Waals surface area (Å²) in [6.07, 6.45) is 0. The standard InChI is InChI=1S/C18H19Cl2NO4S/c1-4-25-18(22)11-21(16-9-12(2)5-6-13(16)3)26(23,24)17-10-14(19)7-8-15(17)20/h5-10H,4,11H2,1-3H3. The minimum Gasteiger partial charge on any atom is -0.465 e. The number of anilines is 1. The molecule has 0 aliphatic rings. The summed E-state index contributed by atoms with van der Waals surface area (Å²) < 4.78 is 32.5. The van der Waals surface area contributed by atoms with Gasteiger partial charge in [0.2, 0.25) is 0 Å². The van der Waals surface area contributed by atoms with Gasteiger partial charge in [-0.05, 0) is 56.2 Å². The summed E-state index contributed by atoms with van der Waals surface area (Å²) in [7, 11) is -4.14. The molecule has 0 saturated carbocycles. The van der Waals surface area contributed by atoms with Gasteiger partial charge < -0.3 is 4.74 Å². The lowest BCUT2D eigenvalue weighted by atomic mass is 10.1. The molecule has 140 valence electrons. The molecule has 2 rings (SSSR count). The van der Waals surface area contributed by atoms with Crippen LogP contribution in [0.15, 0.2) is 41.3 Å². The van der Waals surface area contributed by atoms with Crippen molar-refractivity contribution in [1.82, 2.24) is 0 Å². The lowest BCUT2D eigenvalue weighted by molar-refractivity contribution is -0.141. The summed E-state index contributed by atoms with van der Waals surface area (Å²) in [4.78, 5) is 11.9. The highest BCUT2D eigenvalue weighted by Gasteiger charge is 2.30. The highest BCUT2D eigenvalue weighted by molar-refractivity contribution is 7.93. The molecule has 0 spiro atoms. The van der Waals surface area contributed by atoms with Crippen molar-refractivity contribution < 1.29 is 17.9 Å². The van der Waals surface area contributed by atoms with Gasteiger partial charge in [0.1, 0.15) is 11.4 Å². The number of halogens is 2. The van der Waals surface area contributed by atoms with E-state index in [2.05, 4.69) is 0 Å². The van der Waals surface area contributed by atoms with E-state index >= 15 is 0 Å². The Morgan fingerprint density at radius 1 is 1.12 bits per heavy atom. The van der Waals surface area contributed by atoms with E-state index in [0.29, 0.717) is 11.3 Å². The number of hydrogen-bond acceptors (Lipinski definition) is 4. The normalized spacial score (nSPS) is 11.3. The molecular weight excluding hydrogens is 397 g/mol. The van der Waals surface area contributed by atoms with E-state index in [1.807, 2.05) is 13.0 Å². The van der Waals surface area contributed by atoms with Crippen LogP contribution in [0.5, 0.6) is 0 Å². The number of sulfonamides is 1. The Morgan fingerprint density at radius 3 is 2.46 bits per heavy atom. The van der Waals surface area contributed by atoms with E-state index in [9.17, 15) is 13.2 Å². The van der Waals surface area contributed by atoms with E-state index in [4.69, 9.17) is 27.9 Å². The van der Waals surface area contributed by atoms with E-state index in [-0.39, 0.29) is 21.5 Å². The molecule has 0 aromatic heterocycles. The monoisotopic (exact) mass is 415 g/mol. The smallest absolute Gasteiger partial charge is 0.326 e. The summed E-state index contributed by atoms with van der Waals surface area (Å²) in [5.74, 6) is -0.657. The zero-order chi connectivity index (χ0) is 19.5. The van der Waals surface area contributed by atoms with E-state index < -0.39 is 22.5 Å². The Morgan fingerprint density at radius 2 is 1.81 bits per heavy atom. The number of carbonyl (C=O) groups excluding carboxylic acids is 1. The quantitative estimate of drug-likeness (QED) is 0.656. The molecule has 0 unspecified atom stereocenters. The van der Waals surface area contributed by atoms with Crippen LogP contribution in [0.2, 0.25) is 10.0 Å². The van der Waals surface area contributed by atoms with Gasteiger partial charge in [-0.15, -0.1) is 0 Å². The average molecular weight is 416 g/mol. The molecular formula is C18H19Cl2NO4S. The minimum atomic E-state index is -4.14. The van der Waals surface area contributed by atoms with Crippen molar-refractivity contribution in [3.8, 4) is 0 Å². The third-order valence-electron chi connectivity index (χ3n) is 3.67. The summed E-state index contributed by atoms with van der Waals surface area (Å²) in [5, 5.41) is 0.249. The predicted octanol–water partition coefficient (Wildman–Crippen LogP) is 4.37. The summed E-state index contributed by atoms with van der Waals surface area (Å²) in [5.41, 5.74) is 1.93. The number of carbonyl (C=O) groups is 1. The van der Waals surface area contributed by atoms with Crippen molar-refractivity contribution in [3.05, 3.63) is 57.6 Å². The molecule has 0 bridgehead atoms. The van der Waals surface area contributed by atoms with Crippen LogP contribution in [0.1, 0.15) is 18.1 Å². The first-order valence-corrected chi connectivity index (χ1v) is 10.1. The lowest BCUT2D eigenvalue weighted by Crippen LogP contribution is -2.37. The van der Waals surface area contributed by atoms with Crippen molar-refractivity contribution in [3.63, 3.8) is 0 Å². The Balaban J connectivity index is 2.64. The van der Waals surface area contributed by atoms with Gasteiger partial charge in [0.25, 0.3) is 10.0 Å². The number of hydrogen-bond donors (Lipinski definition) is 0. The zero-order valence-electron chi connectivity index (χ0n) is 14.6. The SMILES string of the molecule is CCOC(=O)CN(c1cc(C)ccc1C)S(=O)(=O)c1cc(Cl)ccc1Cl. The van der Waals surface area contributed by atoms with Gasteiger partial charge in [-0.25, -0.2) is 8.42 Å². The first kappa shape index (κ1) is 20.6. The molecule has 2 aromatic rings. The van der Waals surface area contributed by atoms with Gasteiger partial charge in [-0.1, -0.05) is 35.3 Å². The van der Waals surface area contributed by atoms with Gasteiger partial charge in [-0.3, -0.25) is 9.10 Å². The van der Waals surface area contributed by atoms with Gasteiger partial charge >= 0.3 is 5.97 Å². The van der Waals surface area contributed by atoms with Gasteiger partial charge in [-0.2, -0.15) is 0 Å². The molecule has 0 N–H and O–H groups in total. The fraction of sp³-hybridized carbons (Fsp3) is 0.278. The third kappa shape index (κ3) is 4.50. The van der Waals surface area contributed by atoms with Crippen LogP contribution >= 0.6 is 23.2 Å². The maximum atomic E-state index is 13.3. The topological polar surface area (TPSA) is 63.7 Å². The van der Waals surface area contributed by atoms with Crippen LogP contribution in [-0.2, 0) is 19.6 Å². The van der Waals surface area contributed by atoms with Gasteiger partial charge in [0.15, 0.2) is 0 Å². The second kappa shape index (κ2) is 8.29. The van der Waals surface area contributed by atoms with E-state index in [1.165, 1.54) is 18.2 Å². The van der Waals surface area contributed by atoms with Crippen LogP contribution in [0, 0.1) is 13.8 Å².